The van der Waals surface area contributed by atoms with Gasteiger partial charge in [0.25, 0.3) is 0 Å². The maximum absolute atomic E-state index is 10.5. The fourth-order valence-corrected chi connectivity index (χ4v) is 0.918. The lowest BCUT2D eigenvalue weighted by Gasteiger charge is -2.00. The second-order valence-corrected chi connectivity index (χ2v) is 2.49. The quantitative estimate of drug-likeness (QED) is 0.684. The van der Waals surface area contributed by atoms with Crippen molar-refractivity contribution in [3.8, 4) is 0 Å². The van der Waals surface area contributed by atoms with E-state index in [4.69, 9.17) is 11.6 Å². The molecule has 0 heterocycles. The van der Waals surface area contributed by atoms with Crippen LogP contribution in [0.2, 0.25) is 5.02 Å². The van der Waals surface area contributed by atoms with Crippen LogP contribution in [0.5, 0.6) is 0 Å². The predicted molar refractivity (Wildman–Crippen MR) is 45.4 cm³/mol. The van der Waals surface area contributed by atoms with E-state index < -0.39 is 0 Å². The third-order valence-corrected chi connectivity index (χ3v) is 1.34. The number of rotatable bonds is 1. The van der Waals surface area contributed by atoms with E-state index in [2.05, 4.69) is 12.2 Å². The molecule has 0 aliphatic carbocycles. The first-order valence-electron chi connectivity index (χ1n) is 3.07. The van der Waals surface area contributed by atoms with Gasteiger partial charge in [-0.05, 0) is 18.2 Å². The maximum atomic E-state index is 10.5. The summed E-state index contributed by atoms with van der Waals surface area (Å²) < 4.78 is 0. The molecule has 0 saturated carbocycles. The second-order valence-electron chi connectivity index (χ2n) is 2.06. The molecule has 0 fully saturated rings. The summed E-state index contributed by atoms with van der Waals surface area (Å²) in [6, 6.07) is 6.90. The smallest absolute Gasteiger partial charge is 0.224 e. The van der Waals surface area contributed by atoms with Crippen molar-refractivity contribution in [3.63, 3.8) is 0 Å². The van der Waals surface area contributed by atoms with Crippen LogP contribution in [0.15, 0.2) is 24.3 Å². The molecule has 0 spiro atoms. The van der Waals surface area contributed by atoms with Crippen molar-refractivity contribution in [1.82, 2.24) is 0 Å². The third-order valence-electron chi connectivity index (χ3n) is 1.11. The molecule has 0 bridgehead atoms. The lowest BCUT2D eigenvalue weighted by atomic mass is 10.3. The summed E-state index contributed by atoms with van der Waals surface area (Å²) in [6.07, 6.45) is 0. The van der Waals surface area contributed by atoms with Crippen LogP contribution >= 0.6 is 11.6 Å². The molecular weight excluding hydrogens is 162 g/mol. The highest BCUT2D eigenvalue weighted by molar-refractivity contribution is 6.30. The van der Waals surface area contributed by atoms with Gasteiger partial charge in [0, 0.05) is 17.6 Å². The molecule has 0 saturated heterocycles. The number of benzene rings is 1. The van der Waals surface area contributed by atoms with Crippen LogP contribution in [0, 0.1) is 6.92 Å². The normalized spacial score (nSPS) is 9.27. The molecule has 1 amide bonds. The van der Waals surface area contributed by atoms with Gasteiger partial charge in [0.05, 0.1) is 0 Å². The number of carbonyl (C=O) groups excluding carboxylic acids is 1. The van der Waals surface area contributed by atoms with Gasteiger partial charge in [0.15, 0.2) is 0 Å². The highest BCUT2D eigenvalue weighted by atomic mass is 35.5. The fraction of sp³-hybridized carbons (Fsp3) is 0. The minimum Gasteiger partial charge on any atom is -0.326 e. The molecule has 11 heavy (non-hydrogen) atoms. The Labute approximate surface area is 70.2 Å². The van der Waals surface area contributed by atoms with Crippen LogP contribution in [0.1, 0.15) is 0 Å². The zero-order chi connectivity index (χ0) is 8.27. The molecule has 57 valence electrons. The lowest BCUT2D eigenvalue weighted by molar-refractivity contribution is -0.112. The van der Waals surface area contributed by atoms with Crippen LogP contribution in [0.3, 0.4) is 0 Å². The molecule has 1 N–H and O–H groups in total. The SMILES string of the molecule is [CH2]C(=O)Nc1cccc(Cl)c1. The monoisotopic (exact) mass is 168 g/mol. The van der Waals surface area contributed by atoms with E-state index in [1.54, 1.807) is 24.3 Å². The summed E-state index contributed by atoms with van der Waals surface area (Å²) in [5, 5.41) is 3.10. The van der Waals surface area contributed by atoms with E-state index in [0.29, 0.717) is 10.7 Å². The molecule has 0 aliphatic rings. The summed E-state index contributed by atoms with van der Waals surface area (Å²) in [5.41, 5.74) is 0.664. The number of amides is 1. The second kappa shape index (κ2) is 3.39. The topological polar surface area (TPSA) is 29.1 Å². The van der Waals surface area contributed by atoms with Gasteiger partial charge >= 0.3 is 0 Å². The van der Waals surface area contributed by atoms with E-state index in [1.165, 1.54) is 0 Å². The Hall–Kier alpha value is -1.02. The van der Waals surface area contributed by atoms with Crippen molar-refractivity contribution in [1.29, 1.82) is 0 Å². The van der Waals surface area contributed by atoms with Gasteiger partial charge < -0.3 is 5.32 Å². The van der Waals surface area contributed by atoms with Gasteiger partial charge in [0.2, 0.25) is 5.91 Å². The standard InChI is InChI=1S/C8H7ClNO/c1-6(11)10-8-4-2-3-7(9)5-8/h2-5H,1H2,(H,10,11). The molecule has 1 aromatic carbocycles. The summed E-state index contributed by atoms with van der Waals surface area (Å²) in [7, 11) is 0. The third kappa shape index (κ3) is 2.60. The van der Waals surface area contributed by atoms with Crippen molar-refractivity contribution in [3.05, 3.63) is 36.2 Å². The van der Waals surface area contributed by atoms with Crippen molar-refractivity contribution in [2.45, 2.75) is 0 Å². The van der Waals surface area contributed by atoms with Crippen molar-refractivity contribution in [2.75, 3.05) is 5.32 Å². The molecule has 1 radical (unpaired) electrons. The van der Waals surface area contributed by atoms with Crippen molar-refractivity contribution >= 4 is 23.2 Å². The minimum absolute atomic E-state index is 0.340. The van der Waals surface area contributed by atoms with E-state index in [9.17, 15) is 4.79 Å². The molecule has 0 aliphatic heterocycles. The molecular formula is C8H7ClNO. The van der Waals surface area contributed by atoms with Crippen molar-refractivity contribution in [2.24, 2.45) is 0 Å². The molecule has 1 rings (SSSR count). The largest absolute Gasteiger partial charge is 0.326 e. The van der Waals surface area contributed by atoms with Gasteiger partial charge in [0.1, 0.15) is 0 Å². The summed E-state index contributed by atoms with van der Waals surface area (Å²) in [5.74, 6) is -0.340. The summed E-state index contributed by atoms with van der Waals surface area (Å²) in [4.78, 5) is 10.5. The first-order valence-corrected chi connectivity index (χ1v) is 3.45. The molecule has 2 nitrogen and oxygen atoms in total. The first-order chi connectivity index (χ1) is 5.18. The minimum atomic E-state index is -0.340. The molecule has 1 aromatic rings. The number of hydrogen-bond acceptors (Lipinski definition) is 1. The van der Waals surface area contributed by atoms with Gasteiger partial charge in [-0.1, -0.05) is 17.7 Å². The average molecular weight is 169 g/mol. The van der Waals surface area contributed by atoms with Gasteiger partial charge in [-0.2, -0.15) is 0 Å². The van der Waals surface area contributed by atoms with Crippen molar-refractivity contribution < 1.29 is 4.79 Å². The van der Waals surface area contributed by atoms with Crippen LogP contribution in [0.4, 0.5) is 5.69 Å². The molecule has 3 heteroatoms. The Morgan fingerprint density at radius 2 is 2.27 bits per heavy atom. The summed E-state index contributed by atoms with van der Waals surface area (Å²) >= 11 is 5.66. The Balaban J connectivity index is 2.79. The van der Waals surface area contributed by atoms with E-state index >= 15 is 0 Å². The molecule has 0 aromatic heterocycles. The number of hydrogen-bond donors (Lipinski definition) is 1. The highest BCUT2D eigenvalue weighted by Gasteiger charge is 1.94. The van der Waals surface area contributed by atoms with Gasteiger partial charge in [-0.3, -0.25) is 4.79 Å². The Morgan fingerprint density at radius 1 is 1.55 bits per heavy atom. The number of anilines is 1. The van der Waals surface area contributed by atoms with E-state index in [1.807, 2.05) is 0 Å². The first kappa shape index (κ1) is 8.08. The van der Waals surface area contributed by atoms with Gasteiger partial charge in [-0.15, -0.1) is 0 Å². The molecule has 0 unspecified atom stereocenters. The van der Waals surface area contributed by atoms with Crippen LogP contribution in [-0.2, 0) is 4.79 Å². The Bertz CT molecular complexity index is 273. The average Bonchev–Trinajstić information content (AvgIpc) is 1.85. The fourth-order valence-electron chi connectivity index (χ4n) is 0.727. The van der Waals surface area contributed by atoms with E-state index in [-0.39, 0.29) is 5.91 Å². The van der Waals surface area contributed by atoms with Crippen LogP contribution in [0.25, 0.3) is 0 Å². The highest BCUT2D eigenvalue weighted by Crippen LogP contribution is 2.14. The molecule has 0 atom stereocenters. The number of nitrogens with one attached hydrogen (secondary N) is 1. The van der Waals surface area contributed by atoms with Crippen LogP contribution in [-0.4, -0.2) is 5.91 Å². The van der Waals surface area contributed by atoms with Gasteiger partial charge in [-0.25, -0.2) is 0 Å². The zero-order valence-electron chi connectivity index (χ0n) is 5.80. The number of halogens is 1. The lowest BCUT2D eigenvalue weighted by Crippen LogP contribution is -2.05. The predicted octanol–water partition coefficient (Wildman–Crippen LogP) is 2.11. The maximum Gasteiger partial charge on any atom is 0.224 e. The Morgan fingerprint density at radius 3 is 2.82 bits per heavy atom. The summed E-state index contributed by atoms with van der Waals surface area (Å²) in [6.45, 7) is 3.17. The van der Waals surface area contributed by atoms with Crippen LogP contribution < -0.4 is 5.32 Å². The van der Waals surface area contributed by atoms with E-state index in [0.717, 1.165) is 0 Å². The zero-order valence-corrected chi connectivity index (χ0v) is 6.56. The number of carbonyl (C=O) groups is 1. The Kier molecular flexibility index (Phi) is 2.49.